The van der Waals surface area contributed by atoms with Crippen molar-refractivity contribution in [3.05, 3.63) is 136 Å². The molecular weight excluding hydrogens is 892 g/mol. The van der Waals surface area contributed by atoms with Crippen molar-refractivity contribution in [1.29, 1.82) is 0 Å². The monoisotopic (exact) mass is 931 g/mol. The zero-order valence-corrected chi connectivity index (χ0v) is 37.7. The Morgan fingerprint density at radius 3 is 1.69 bits per heavy atom. The van der Waals surface area contributed by atoms with Gasteiger partial charge in [0.2, 0.25) is 0 Å². The Kier molecular flexibility index (Phi) is 16.4. The minimum atomic E-state index is -0.995. The molecule has 0 amide bonds. The number of pyridine rings is 3. The topological polar surface area (TPSA) is 246 Å². The number of nitrogens with zero attached hydrogens (tertiary/aromatic N) is 9. The summed E-state index contributed by atoms with van der Waals surface area (Å²) in [4.78, 5) is 33.5. The van der Waals surface area contributed by atoms with Crippen LogP contribution in [0.25, 0.3) is 0 Å². The van der Waals surface area contributed by atoms with Gasteiger partial charge in [-0.25, -0.2) is 0 Å². The predicted molar refractivity (Wildman–Crippen MR) is 245 cm³/mol. The van der Waals surface area contributed by atoms with Gasteiger partial charge in [-0.2, -0.15) is 0 Å². The van der Waals surface area contributed by atoms with Crippen LogP contribution in [-0.2, 0) is 6.42 Å². The first-order valence-electron chi connectivity index (χ1n) is 19.5. The summed E-state index contributed by atoms with van der Waals surface area (Å²) in [7, 11) is 0. The molecule has 7 heterocycles. The number of aliphatic hydroxyl groups is 4. The molecule has 0 fully saturated rings. The van der Waals surface area contributed by atoms with Gasteiger partial charge in [0.15, 0.2) is 0 Å². The van der Waals surface area contributed by atoms with Crippen LogP contribution in [0.15, 0.2) is 127 Å². The molecule has 0 saturated carbocycles. The first-order valence-corrected chi connectivity index (χ1v) is 22.9. The van der Waals surface area contributed by atoms with E-state index in [1.807, 2.05) is 68.4 Å². The average Bonchev–Trinajstić information content (AvgIpc) is 4.00. The van der Waals surface area contributed by atoms with E-state index in [4.69, 9.17) is 19.7 Å². The van der Waals surface area contributed by atoms with Crippen LogP contribution in [0.5, 0.6) is 23.0 Å². The minimum absolute atomic E-state index is 0.362. The zero-order chi connectivity index (χ0) is 44.8. The summed E-state index contributed by atoms with van der Waals surface area (Å²) in [5, 5.41) is 53.7. The Balaban J connectivity index is 0.000000192. The van der Waals surface area contributed by atoms with Gasteiger partial charge in [-0.3, -0.25) is 0 Å². The number of benzene rings is 1. The molecule has 0 radical (unpaired) electrons. The first kappa shape index (κ1) is 46.2. The van der Waals surface area contributed by atoms with Crippen molar-refractivity contribution < 1.29 is 29.9 Å². The van der Waals surface area contributed by atoms with Gasteiger partial charge in [0.1, 0.15) is 0 Å². The fourth-order valence-electron chi connectivity index (χ4n) is 5.46. The van der Waals surface area contributed by atoms with Gasteiger partial charge < -0.3 is 0 Å². The Morgan fingerprint density at radius 2 is 1.19 bits per heavy atom. The van der Waals surface area contributed by atoms with Gasteiger partial charge in [-0.1, -0.05) is 0 Å². The van der Waals surface area contributed by atoms with E-state index in [-0.39, 0.29) is 13.2 Å². The van der Waals surface area contributed by atoms with Gasteiger partial charge in [0.25, 0.3) is 0 Å². The Morgan fingerprint density at radius 1 is 0.656 bits per heavy atom. The number of aromatic amines is 2. The third-order valence-corrected chi connectivity index (χ3v) is 12.3. The summed E-state index contributed by atoms with van der Waals surface area (Å²) in [6.45, 7) is 4.93. The maximum atomic E-state index is 9.83. The summed E-state index contributed by atoms with van der Waals surface area (Å²) in [6, 6.07) is 21.1. The van der Waals surface area contributed by atoms with Crippen molar-refractivity contribution in [2.75, 3.05) is 13.2 Å². The van der Waals surface area contributed by atoms with E-state index in [1.54, 1.807) is 79.0 Å². The molecule has 0 bridgehead atoms. The van der Waals surface area contributed by atoms with Gasteiger partial charge in [0, 0.05) is 0 Å². The van der Waals surface area contributed by atoms with Crippen molar-refractivity contribution in [3.8, 4) is 23.0 Å². The number of nitrogens with one attached hydrogen (secondary N) is 2. The Bertz CT molecular complexity index is 2940. The number of aryl methyl sites for hydroxylation is 3. The van der Waals surface area contributed by atoms with Crippen LogP contribution < -0.4 is 19.1 Å². The van der Waals surface area contributed by atoms with Gasteiger partial charge in [-0.15, -0.1) is 0 Å². The molecule has 6 N–H and O–H groups in total. The third-order valence-electron chi connectivity index (χ3n) is 8.74. The number of hydrogen-bond donors (Lipinski definition) is 6. The molecular formula is C41H39B2N11O6S4. The van der Waals surface area contributed by atoms with Crippen LogP contribution in [0.2, 0.25) is 0 Å². The van der Waals surface area contributed by atoms with E-state index in [2.05, 4.69) is 62.2 Å². The van der Waals surface area contributed by atoms with E-state index in [0.29, 0.717) is 66.8 Å². The van der Waals surface area contributed by atoms with E-state index >= 15 is 0 Å². The van der Waals surface area contributed by atoms with E-state index < -0.39 is 12.2 Å². The van der Waals surface area contributed by atoms with Crippen LogP contribution in [-0.4, -0.2) is 91.3 Å². The third kappa shape index (κ3) is 12.5. The average molecular weight is 932 g/mol. The van der Waals surface area contributed by atoms with Crippen molar-refractivity contribution in [2.45, 2.75) is 59.0 Å². The quantitative estimate of drug-likeness (QED) is 0.0673. The molecule has 324 valence electrons. The van der Waals surface area contributed by atoms with Gasteiger partial charge in [-0.05, 0) is 0 Å². The second-order valence-corrected chi connectivity index (χ2v) is 17.3. The van der Waals surface area contributed by atoms with Gasteiger partial charge in [0.05, 0.1) is 0 Å². The summed E-state index contributed by atoms with van der Waals surface area (Å²) in [5.74, 6) is 2.75. The molecule has 0 aliphatic rings. The number of ether oxygens (including phenoxy) is 2. The molecule has 0 aliphatic heterocycles. The molecule has 8 rings (SSSR count). The molecule has 1 aromatic carbocycles. The van der Waals surface area contributed by atoms with E-state index in [1.165, 1.54) is 22.4 Å². The molecule has 0 saturated heterocycles. The second-order valence-electron chi connectivity index (χ2n) is 13.3. The number of rotatable bonds is 15. The standard InChI is InChI=1S/C21H21BN6O3S2.C20H18BN5O3S2/c1-3-14-18(5-4-7-23-14)32-13-9-17(31-16-6-8-25-28-12(16)2)20(24-10-13)27-21-26-19(22-33-21)15(30)11-29;1-12-16(7-8-23-26-12)29-17-9-14(30-13-5-3-2-4-6-13)10-22-19(17)25-20-24-18(21-31-20)15(28)11-27/h4-10,15,29-30H,3,11H2,1-2H3,(H,24,26,27);2-10,15,27-28H,11H2,1H3,(H,22,24,25). The van der Waals surface area contributed by atoms with Crippen molar-refractivity contribution >= 4 is 69.9 Å². The number of H-pyrrole nitrogens is 2. The van der Waals surface area contributed by atoms with Gasteiger partial charge >= 0.3 is 386 Å². The van der Waals surface area contributed by atoms with Crippen molar-refractivity contribution in [2.24, 2.45) is 9.98 Å². The zero-order valence-electron chi connectivity index (χ0n) is 34.4. The van der Waals surface area contributed by atoms with Crippen molar-refractivity contribution in [1.82, 2.24) is 45.3 Å². The fourth-order valence-corrected chi connectivity index (χ4v) is 8.83. The summed E-state index contributed by atoms with van der Waals surface area (Å²) in [5.41, 5.74) is 3.26. The molecule has 7 aromatic heterocycles. The molecule has 8 aromatic rings. The normalized spacial score (nSPS) is 12.5. The molecule has 23 heteroatoms. The summed E-state index contributed by atoms with van der Waals surface area (Å²) in [6.07, 6.45) is 10.6. The molecule has 64 heavy (non-hydrogen) atoms. The molecule has 0 spiro atoms. The Hall–Kier alpha value is -5.78. The van der Waals surface area contributed by atoms with Crippen LogP contribution >= 0.6 is 45.9 Å². The SMILES string of the molecule is CCc1ncccc1Sc1cnc(/N=c2/[nH]c(C(O)CO)bs2)c(Oc2ccnnc2C)c1.Cc1nnccc1Oc1cc(Sc2ccccc2)cnc1/N=c1/[nH]c(C(O)CO)bs1. The number of aliphatic hydroxyl groups excluding tert-OH is 4. The van der Waals surface area contributed by atoms with Crippen LogP contribution in [0.1, 0.15) is 47.4 Å². The summed E-state index contributed by atoms with van der Waals surface area (Å²) < 4.78 is 12.2. The fraction of sp³-hybridized carbons (Fsp3) is 0.195. The first-order chi connectivity index (χ1) is 31.2. The molecule has 17 nitrogen and oxygen atoms in total. The second kappa shape index (κ2) is 22.7. The van der Waals surface area contributed by atoms with Crippen LogP contribution in [0.3, 0.4) is 0 Å². The predicted octanol–water partition coefficient (Wildman–Crippen LogP) is 6.18. The van der Waals surface area contributed by atoms with E-state index in [0.717, 1.165) is 31.7 Å². The molecule has 2 unspecified atom stereocenters. The number of hydrogen-bond acceptors (Lipinski definition) is 19. The van der Waals surface area contributed by atoms with Crippen molar-refractivity contribution in [3.63, 3.8) is 0 Å². The summed E-state index contributed by atoms with van der Waals surface area (Å²) >= 11 is 5.71. The van der Waals surface area contributed by atoms with Crippen LogP contribution in [0.4, 0.5) is 11.6 Å². The Labute approximate surface area is 383 Å². The van der Waals surface area contributed by atoms with Crippen LogP contribution in [0, 0.1) is 13.8 Å². The molecule has 2 atom stereocenters. The maximum absolute atomic E-state index is 9.83. The molecule has 0 aliphatic carbocycles. The number of aromatic nitrogens is 9. The van der Waals surface area contributed by atoms with E-state index in [9.17, 15) is 10.2 Å².